The molecule has 0 aromatic rings. The molecule has 5 heteroatoms. The Hall–Kier alpha value is -1.10. The second kappa shape index (κ2) is 7.07. The summed E-state index contributed by atoms with van der Waals surface area (Å²) in [5.74, 6) is 0.361. The minimum Gasteiger partial charge on any atom is -0.352 e. The van der Waals surface area contributed by atoms with Crippen LogP contribution in [0.4, 0.5) is 0 Å². The van der Waals surface area contributed by atoms with Crippen LogP contribution in [0.25, 0.3) is 0 Å². The first kappa shape index (κ1) is 15.3. The molecule has 2 fully saturated rings. The molecule has 5 nitrogen and oxygen atoms in total. The third-order valence-corrected chi connectivity index (χ3v) is 4.60. The summed E-state index contributed by atoms with van der Waals surface area (Å²) in [4.78, 5) is 28.0. The maximum Gasteiger partial charge on any atom is 0.237 e. The van der Waals surface area contributed by atoms with Crippen LogP contribution in [0.5, 0.6) is 0 Å². The van der Waals surface area contributed by atoms with Crippen LogP contribution in [-0.4, -0.2) is 59.9 Å². The predicted octanol–water partition coefficient (Wildman–Crippen LogP) is 0.988. The van der Waals surface area contributed by atoms with Crippen molar-refractivity contribution in [3.05, 3.63) is 0 Å². The van der Waals surface area contributed by atoms with Crippen molar-refractivity contribution in [2.75, 3.05) is 26.2 Å². The van der Waals surface area contributed by atoms with Crippen molar-refractivity contribution in [3.8, 4) is 0 Å². The summed E-state index contributed by atoms with van der Waals surface area (Å²) in [6, 6.07) is 0.294. The standard InChI is InChI=1S/C15H27N3O2/c1-3-14(19)18-10-8-17(9-11-18)12(2)15(20)16-13-6-4-5-7-13/h12-13H,3-11H2,1-2H3,(H,16,20). The van der Waals surface area contributed by atoms with Crippen LogP contribution in [-0.2, 0) is 9.59 Å². The number of nitrogens with zero attached hydrogens (tertiary/aromatic N) is 2. The lowest BCUT2D eigenvalue weighted by atomic mass is 10.2. The number of hydrogen-bond donors (Lipinski definition) is 1. The van der Waals surface area contributed by atoms with Gasteiger partial charge in [0.2, 0.25) is 11.8 Å². The first-order chi connectivity index (χ1) is 9.61. The molecular formula is C15H27N3O2. The Morgan fingerprint density at radius 3 is 2.30 bits per heavy atom. The van der Waals surface area contributed by atoms with Crippen LogP contribution in [0.2, 0.25) is 0 Å². The van der Waals surface area contributed by atoms with Gasteiger partial charge in [0, 0.05) is 38.6 Å². The fourth-order valence-corrected chi connectivity index (χ4v) is 3.14. The molecule has 1 heterocycles. The number of amides is 2. The van der Waals surface area contributed by atoms with Crippen molar-refractivity contribution in [1.82, 2.24) is 15.1 Å². The number of piperazine rings is 1. The maximum absolute atomic E-state index is 12.2. The van der Waals surface area contributed by atoms with Gasteiger partial charge in [0.1, 0.15) is 0 Å². The van der Waals surface area contributed by atoms with Crippen LogP contribution >= 0.6 is 0 Å². The molecule has 2 rings (SSSR count). The molecule has 1 unspecified atom stereocenters. The van der Waals surface area contributed by atoms with Crippen molar-refractivity contribution in [1.29, 1.82) is 0 Å². The summed E-state index contributed by atoms with van der Waals surface area (Å²) in [5.41, 5.74) is 0. The second-order valence-corrected chi connectivity index (χ2v) is 5.94. The molecule has 0 bridgehead atoms. The molecule has 2 amide bonds. The molecule has 1 atom stereocenters. The molecule has 1 aliphatic carbocycles. The van der Waals surface area contributed by atoms with Crippen LogP contribution in [0.15, 0.2) is 0 Å². The highest BCUT2D eigenvalue weighted by Gasteiger charge is 2.28. The number of hydrogen-bond acceptors (Lipinski definition) is 3. The molecule has 114 valence electrons. The average Bonchev–Trinajstić information content (AvgIpc) is 2.98. The smallest absolute Gasteiger partial charge is 0.237 e. The maximum atomic E-state index is 12.2. The van der Waals surface area contributed by atoms with Gasteiger partial charge >= 0.3 is 0 Å². The topological polar surface area (TPSA) is 52.7 Å². The first-order valence-electron chi connectivity index (χ1n) is 7.94. The summed E-state index contributed by atoms with van der Waals surface area (Å²) < 4.78 is 0. The third-order valence-electron chi connectivity index (χ3n) is 4.60. The van der Waals surface area contributed by atoms with Gasteiger partial charge in [0.15, 0.2) is 0 Å². The highest BCUT2D eigenvalue weighted by Crippen LogP contribution is 2.18. The molecule has 20 heavy (non-hydrogen) atoms. The SMILES string of the molecule is CCC(=O)N1CCN(C(C)C(=O)NC2CCCC2)CC1. The monoisotopic (exact) mass is 281 g/mol. The molecule has 0 spiro atoms. The highest BCUT2D eigenvalue weighted by molar-refractivity contribution is 5.81. The van der Waals surface area contributed by atoms with Gasteiger partial charge < -0.3 is 10.2 Å². The number of carbonyl (C=O) groups is 2. The van der Waals surface area contributed by atoms with Crippen molar-refractivity contribution in [3.63, 3.8) is 0 Å². The summed E-state index contributed by atoms with van der Waals surface area (Å²) in [6.45, 7) is 6.95. The second-order valence-electron chi connectivity index (χ2n) is 5.94. The molecule has 0 radical (unpaired) electrons. The van der Waals surface area contributed by atoms with Gasteiger partial charge in [-0.2, -0.15) is 0 Å². The molecule has 1 saturated carbocycles. The van der Waals surface area contributed by atoms with Gasteiger partial charge in [-0.15, -0.1) is 0 Å². The van der Waals surface area contributed by atoms with E-state index in [-0.39, 0.29) is 17.9 Å². The zero-order valence-corrected chi connectivity index (χ0v) is 12.7. The fraction of sp³-hybridized carbons (Fsp3) is 0.867. The lowest BCUT2D eigenvalue weighted by Gasteiger charge is -2.37. The van der Waals surface area contributed by atoms with E-state index < -0.39 is 0 Å². The predicted molar refractivity (Wildman–Crippen MR) is 78.3 cm³/mol. The van der Waals surface area contributed by atoms with Crippen LogP contribution in [0.1, 0.15) is 46.0 Å². The molecule has 0 aromatic heterocycles. The molecule has 1 saturated heterocycles. The van der Waals surface area contributed by atoms with E-state index in [9.17, 15) is 9.59 Å². The van der Waals surface area contributed by atoms with Crippen LogP contribution in [0.3, 0.4) is 0 Å². The van der Waals surface area contributed by atoms with Crippen molar-refractivity contribution in [2.24, 2.45) is 0 Å². The van der Waals surface area contributed by atoms with Gasteiger partial charge in [-0.3, -0.25) is 14.5 Å². The van der Waals surface area contributed by atoms with E-state index in [2.05, 4.69) is 10.2 Å². The van der Waals surface area contributed by atoms with E-state index in [1.54, 1.807) is 0 Å². The van der Waals surface area contributed by atoms with Gasteiger partial charge in [-0.25, -0.2) is 0 Å². The molecule has 2 aliphatic rings. The minimum absolute atomic E-state index is 0.0884. The Labute approximate surface area is 121 Å². The fourth-order valence-electron chi connectivity index (χ4n) is 3.14. The Morgan fingerprint density at radius 1 is 1.15 bits per heavy atom. The Balaban J connectivity index is 1.77. The van der Waals surface area contributed by atoms with E-state index in [0.29, 0.717) is 12.5 Å². The summed E-state index contributed by atoms with van der Waals surface area (Å²) in [7, 11) is 0. The average molecular weight is 281 g/mol. The van der Waals surface area contributed by atoms with E-state index in [1.807, 2.05) is 18.7 Å². The lowest BCUT2D eigenvalue weighted by Crippen LogP contribution is -2.55. The quantitative estimate of drug-likeness (QED) is 0.836. The molecule has 1 N–H and O–H groups in total. The first-order valence-corrected chi connectivity index (χ1v) is 7.94. The summed E-state index contributed by atoms with van der Waals surface area (Å²) in [5, 5.41) is 3.16. The van der Waals surface area contributed by atoms with E-state index in [0.717, 1.165) is 39.0 Å². The Morgan fingerprint density at radius 2 is 1.75 bits per heavy atom. The van der Waals surface area contributed by atoms with Crippen molar-refractivity contribution >= 4 is 11.8 Å². The van der Waals surface area contributed by atoms with Crippen molar-refractivity contribution < 1.29 is 9.59 Å². The van der Waals surface area contributed by atoms with E-state index >= 15 is 0 Å². The lowest BCUT2D eigenvalue weighted by molar-refractivity contribution is -0.134. The highest BCUT2D eigenvalue weighted by atomic mass is 16.2. The van der Waals surface area contributed by atoms with E-state index in [4.69, 9.17) is 0 Å². The Kier molecular flexibility index (Phi) is 5.40. The van der Waals surface area contributed by atoms with Gasteiger partial charge in [-0.1, -0.05) is 19.8 Å². The van der Waals surface area contributed by atoms with Crippen LogP contribution in [0, 0.1) is 0 Å². The normalized spacial score (nSPS) is 22.8. The van der Waals surface area contributed by atoms with Gasteiger partial charge in [0.25, 0.3) is 0 Å². The Bertz CT molecular complexity index is 345. The number of nitrogens with one attached hydrogen (secondary N) is 1. The zero-order chi connectivity index (χ0) is 14.5. The third kappa shape index (κ3) is 3.72. The van der Waals surface area contributed by atoms with Gasteiger partial charge in [0.05, 0.1) is 6.04 Å². The minimum atomic E-state index is -0.0884. The van der Waals surface area contributed by atoms with Crippen LogP contribution < -0.4 is 5.32 Å². The largest absolute Gasteiger partial charge is 0.352 e. The zero-order valence-electron chi connectivity index (χ0n) is 12.7. The molecular weight excluding hydrogens is 254 g/mol. The number of carbonyl (C=O) groups excluding carboxylic acids is 2. The summed E-state index contributed by atoms with van der Waals surface area (Å²) in [6.07, 6.45) is 5.28. The van der Waals surface area contributed by atoms with Gasteiger partial charge in [-0.05, 0) is 19.8 Å². The molecule has 1 aliphatic heterocycles. The number of rotatable bonds is 4. The van der Waals surface area contributed by atoms with Crippen molar-refractivity contribution in [2.45, 2.75) is 58.0 Å². The van der Waals surface area contributed by atoms with E-state index in [1.165, 1.54) is 12.8 Å². The molecule has 0 aromatic carbocycles. The summed E-state index contributed by atoms with van der Waals surface area (Å²) >= 11 is 0.